The van der Waals surface area contributed by atoms with Crippen molar-refractivity contribution in [3.63, 3.8) is 0 Å². The van der Waals surface area contributed by atoms with E-state index in [2.05, 4.69) is 33.9 Å². The van der Waals surface area contributed by atoms with Crippen LogP contribution >= 0.6 is 0 Å². The van der Waals surface area contributed by atoms with Crippen LogP contribution in [0, 0.1) is 17.8 Å². The predicted octanol–water partition coefficient (Wildman–Crippen LogP) is 6.88. The highest BCUT2D eigenvalue weighted by atomic mass is 14.4. The molecule has 3 atom stereocenters. The van der Waals surface area contributed by atoms with Crippen molar-refractivity contribution in [2.45, 2.75) is 74.1 Å². The monoisotopic (exact) mass is 254 g/mol. The van der Waals surface area contributed by atoms with Crippen molar-refractivity contribution in [3.8, 4) is 0 Å². The topological polar surface area (TPSA) is 0 Å². The first-order valence-corrected chi connectivity index (χ1v) is 7.89. The molecule has 1 fully saturated rings. The van der Waals surface area contributed by atoms with Crippen molar-refractivity contribution < 1.29 is 0 Å². The Morgan fingerprint density at radius 2 is 1.56 bits per heavy atom. The Kier molecular flexibility index (Phi) is 23.7. The molecule has 110 valence electrons. The lowest BCUT2D eigenvalue weighted by Crippen LogP contribution is -1.95. The fraction of sp³-hybridized carbons (Fsp3) is 0.778. The molecule has 0 saturated heterocycles. The highest BCUT2D eigenvalue weighted by Crippen LogP contribution is 2.44. The summed E-state index contributed by atoms with van der Waals surface area (Å²) in [5, 5.41) is 0. The van der Waals surface area contributed by atoms with E-state index in [0.29, 0.717) is 0 Å². The van der Waals surface area contributed by atoms with Crippen LogP contribution in [-0.2, 0) is 0 Å². The van der Waals surface area contributed by atoms with Gasteiger partial charge in [-0.15, -0.1) is 13.2 Å². The van der Waals surface area contributed by atoms with Crippen LogP contribution in [0.5, 0.6) is 0 Å². The second kappa shape index (κ2) is 18.8. The Hall–Kier alpha value is -0.520. The molecule has 0 aromatic carbocycles. The molecule has 0 heteroatoms. The second-order valence-electron chi connectivity index (χ2n) is 4.46. The maximum absolute atomic E-state index is 3.74. The summed E-state index contributed by atoms with van der Waals surface area (Å²) in [6.45, 7) is 22.1. The van der Waals surface area contributed by atoms with Gasteiger partial charge in [-0.25, -0.2) is 0 Å². The third-order valence-electron chi connectivity index (χ3n) is 2.93. The van der Waals surface area contributed by atoms with Crippen LogP contribution < -0.4 is 0 Å². The van der Waals surface area contributed by atoms with E-state index in [9.17, 15) is 0 Å². The normalized spacial score (nSPS) is 20.6. The summed E-state index contributed by atoms with van der Waals surface area (Å²) in [5.74, 6) is 2.90. The Morgan fingerprint density at radius 1 is 1.11 bits per heavy atom. The Bertz CT molecular complexity index is 157. The van der Waals surface area contributed by atoms with Crippen LogP contribution in [0.15, 0.2) is 25.3 Å². The van der Waals surface area contributed by atoms with Crippen molar-refractivity contribution in [1.29, 1.82) is 0 Å². The van der Waals surface area contributed by atoms with E-state index in [1.165, 1.54) is 19.3 Å². The van der Waals surface area contributed by atoms with E-state index in [1.807, 2.05) is 39.8 Å². The quantitative estimate of drug-likeness (QED) is 0.469. The van der Waals surface area contributed by atoms with Crippen LogP contribution in [0.1, 0.15) is 74.1 Å². The minimum Gasteiger partial charge on any atom is -0.103 e. The van der Waals surface area contributed by atoms with E-state index in [1.54, 1.807) is 0 Å². The molecule has 1 aliphatic rings. The predicted molar refractivity (Wildman–Crippen MR) is 89.1 cm³/mol. The van der Waals surface area contributed by atoms with E-state index in [0.717, 1.165) is 24.2 Å². The molecule has 1 aliphatic carbocycles. The van der Waals surface area contributed by atoms with Gasteiger partial charge in [0, 0.05) is 0 Å². The lowest BCUT2D eigenvalue weighted by Gasteiger charge is -2.04. The molecule has 0 aromatic rings. The zero-order valence-corrected chi connectivity index (χ0v) is 14.1. The summed E-state index contributed by atoms with van der Waals surface area (Å²) >= 11 is 0. The molecule has 0 bridgehead atoms. The second-order valence-corrected chi connectivity index (χ2v) is 4.46. The van der Waals surface area contributed by atoms with Gasteiger partial charge in [0.05, 0.1) is 0 Å². The van der Waals surface area contributed by atoms with Crippen molar-refractivity contribution in [3.05, 3.63) is 25.3 Å². The lowest BCUT2D eigenvalue weighted by molar-refractivity contribution is 0.490. The van der Waals surface area contributed by atoms with Crippen LogP contribution in [0.2, 0.25) is 0 Å². The highest BCUT2D eigenvalue weighted by Gasteiger charge is 2.35. The molecule has 1 rings (SSSR count). The maximum atomic E-state index is 3.74. The maximum Gasteiger partial charge on any atom is -0.0325 e. The smallest absolute Gasteiger partial charge is 0.0325 e. The SMILES string of the molecule is C=CCC(C)C1CC1C.C=CCCC.CC.CC. The van der Waals surface area contributed by atoms with Gasteiger partial charge in [0.2, 0.25) is 0 Å². The molecule has 0 nitrogen and oxygen atoms in total. The van der Waals surface area contributed by atoms with E-state index in [4.69, 9.17) is 0 Å². The van der Waals surface area contributed by atoms with Crippen LogP contribution in [-0.4, -0.2) is 0 Å². The van der Waals surface area contributed by atoms with Gasteiger partial charge in [-0.1, -0.05) is 67.0 Å². The van der Waals surface area contributed by atoms with Gasteiger partial charge in [0.25, 0.3) is 0 Å². The van der Waals surface area contributed by atoms with Crippen molar-refractivity contribution in [2.24, 2.45) is 17.8 Å². The molecule has 18 heavy (non-hydrogen) atoms. The molecule has 0 N–H and O–H groups in total. The highest BCUT2D eigenvalue weighted by molar-refractivity contribution is 4.88. The first-order chi connectivity index (χ1) is 8.67. The third kappa shape index (κ3) is 15.5. The number of unbranched alkanes of at least 4 members (excludes halogenated alkanes) is 1. The van der Waals surface area contributed by atoms with Crippen molar-refractivity contribution in [1.82, 2.24) is 0 Å². The molecule has 0 amide bonds. The molecule has 1 saturated carbocycles. The van der Waals surface area contributed by atoms with Crippen LogP contribution in [0.3, 0.4) is 0 Å². The fourth-order valence-electron chi connectivity index (χ4n) is 1.79. The standard InChI is InChI=1S/C9H16.C5H10.2C2H6/c1-4-5-7(2)9-6-8(9)3;1-3-5-4-2;2*1-2/h4,7-9H,1,5-6H2,2-3H3;3H,1,4-5H2,2H3;2*1-2H3. The summed E-state index contributed by atoms with van der Waals surface area (Å²) in [6, 6.07) is 0. The molecule has 0 heterocycles. The first-order valence-electron chi connectivity index (χ1n) is 7.89. The average molecular weight is 255 g/mol. The summed E-state index contributed by atoms with van der Waals surface area (Å²) in [7, 11) is 0. The Labute approximate surface area is 118 Å². The van der Waals surface area contributed by atoms with Gasteiger partial charge in [-0.05, 0) is 37.0 Å². The van der Waals surface area contributed by atoms with Gasteiger partial charge in [-0.3, -0.25) is 0 Å². The fourth-order valence-corrected chi connectivity index (χ4v) is 1.79. The molecular formula is C18H38. The van der Waals surface area contributed by atoms with Gasteiger partial charge >= 0.3 is 0 Å². The summed E-state index contributed by atoms with van der Waals surface area (Å²) in [6.07, 6.45) is 9.00. The number of hydrogen-bond acceptors (Lipinski definition) is 0. The number of rotatable bonds is 5. The van der Waals surface area contributed by atoms with E-state index in [-0.39, 0.29) is 0 Å². The Morgan fingerprint density at radius 3 is 1.72 bits per heavy atom. The molecule has 0 radical (unpaired) electrons. The van der Waals surface area contributed by atoms with E-state index >= 15 is 0 Å². The number of hydrogen-bond donors (Lipinski definition) is 0. The van der Waals surface area contributed by atoms with Crippen molar-refractivity contribution >= 4 is 0 Å². The summed E-state index contributed by atoms with van der Waals surface area (Å²) in [5.41, 5.74) is 0. The molecule has 0 spiro atoms. The Balaban J connectivity index is -0.000000215. The van der Waals surface area contributed by atoms with E-state index < -0.39 is 0 Å². The average Bonchev–Trinajstić information content (AvgIpc) is 3.14. The molecular weight excluding hydrogens is 216 g/mol. The van der Waals surface area contributed by atoms with Gasteiger partial charge in [0.15, 0.2) is 0 Å². The number of allylic oxidation sites excluding steroid dienone is 2. The van der Waals surface area contributed by atoms with Crippen molar-refractivity contribution in [2.75, 3.05) is 0 Å². The third-order valence-corrected chi connectivity index (χ3v) is 2.93. The zero-order chi connectivity index (χ0) is 15.0. The van der Waals surface area contributed by atoms with Gasteiger partial charge in [-0.2, -0.15) is 0 Å². The summed E-state index contributed by atoms with van der Waals surface area (Å²) < 4.78 is 0. The summed E-state index contributed by atoms with van der Waals surface area (Å²) in [4.78, 5) is 0. The van der Waals surface area contributed by atoms with Crippen LogP contribution in [0.25, 0.3) is 0 Å². The lowest BCUT2D eigenvalue weighted by atomic mass is 10.0. The van der Waals surface area contributed by atoms with Gasteiger partial charge < -0.3 is 0 Å². The minimum atomic E-state index is 0.887. The van der Waals surface area contributed by atoms with Gasteiger partial charge in [0.1, 0.15) is 0 Å². The first kappa shape index (κ1) is 22.6. The largest absolute Gasteiger partial charge is 0.103 e. The van der Waals surface area contributed by atoms with Crippen LogP contribution in [0.4, 0.5) is 0 Å². The molecule has 3 unspecified atom stereocenters. The zero-order valence-electron chi connectivity index (χ0n) is 14.1. The minimum absolute atomic E-state index is 0.887. The molecule has 0 aliphatic heterocycles. The molecule has 0 aromatic heterocycles.